The van der Waals surface area contributed by atoms with E-state index in [0.29, 0.717) is 6.42 Å². The highest BCUT2D eigenvalue weighted by molar-refractivity contribution is 7.71. The van der Waals surface area contributed by atoms with Crippen LogP contribution >= 0.6 is 20.0 Å². The van der Waals surface area contributed by atoms with Gasteiger partial charge in [0.15, 0.2) is 11.0 Å². The lowest BCUT2D eigenvalue weighted by atomic mass is 9.96. The molecule has 1 saturated heterocycles. The molecular weight excluding hydrogens is 561 g/mol. The lowest BCUT2D eigenvalue weighted by Crippen LogP contribution is -2.44. The number of H-pyrrole nitrogens is 1. The zero-order valence-electron chi connectivity index (χ0n) is 23.7. The number of unbranched alkanes of at least 4 members (excludes halogenated alkanes) is 10. The number of aliphatic hydroxyl groups excluding tert-OH is 2. The van der Waals surface area contributed by atoms with Gasteiger partial charge in [-0.2, -0.15) is 0 Å². The number of nitrogens with one attached hydrogen (secondary N) is 1. The van der Waals surface area contributed by atoms with Crippen LogP contribution in [0.25, 0.3) is 0 Å². The second-order valence-electron chi connectivity index (χ2n) is 10.8. The molecule has 1 aromatic rings. The zero-order valence-corrected chi connectivity index (χ0v) is 25.4. The normalized spacial score (nSPS) is 26.0. The summed E-state index contributed by atoms with van der Waals surface area (Å²) < 4.78 is 29.2. The van der Waals surface area contributed by atoms with Crippen molar-refractivity contribution in [3.63, 3.8) is 0 Å². The van der Waals surface area contributed by atoms with Crippen LogP contribution in [0.15, 0.2) is 17.1 Å². The average molecular weight is 610 g/mol. The zero-order chi connectivity index (χ0) is 29.8. The van der Waals surface area contributed by atoms with Gasteiger partial charge in [-0.25, -0.2) is 4.57 Å². The first-order chi connectivity index (χ1) is 18.9. The van der Waals surface area contributed by atoms with Gasteiger partial charge in [0.05, 0.1) is 25.4 Å². The second kappa shape index (κ2) is 17.2. The van der Waals surface area contributed by atoms with Crippen LogP contribution in [0.2, 0.25) is 0 Å². The van der Waals surface area contributed by atoms with Crippen LogP contribution < -0.4 is 11.3 Å². The van der Waals surface area contributed by atoms with E-state index in [-0.39, 0.29) is 4.77 Å². The van der Waals surface area contributed by atoms with Crippen LogP contribution in [0.3, 0.4) is 0 Å². The molecule has 2 heterocycles. The van der Waals surface area contributed by atoms with Gasteiger partial charge in [-0.15, -0.1) is 0 Å². The molecule has 1 aliphatic rings. The maximum Gasteiger partial charge on any atom is 0.472 e. The number of phosphoric ester groups is 1. The molecule has 1 aliphatic heterocycles. The van der Waals surface area contributed by atoms with E-state index in [1.54, 1.807) is 0 Å². The fraction of sp³-hybridized carbons (Fsp3) is 0.846. The topological polar surface area (TPSA) is 189 Å². The van der Waals surface area contributed by atoms with E-state index in [1.807, 2.05) is 0 Å². The van der Waals surface area contributed by atoms with Crippen LogP contribution in [-0.4, -0.2) is 72.9 Å². The molecule has 0 radical (unpaired) electrons. The molecule has 14 heteroatoms. The van der Waals surface area contributed by atoms with Crippen LogP contribution in [0.4, 0.5) is 0 Å². The standard InChI is InChI=1S/C26H48N3O9PS/c1-3-4-5-6-7-8-9-10-11-12-13-14-20(30)19(27)17-36-39(34,35)37-18-21-23(32)26(2,33)24(38-21)29-16-15-22(31)28-25(29)40/h15-16,19-21,23-24,30,32-33H,3-14,17-18,27H2,1-2H3,(H,34,35)(H,28,31,40)/t19?,20?,21-,23+,24-,26?/m1/s1. The van der Waals surface area contributed by atoms with Crippen molar-refractivity contribution in [3.8, 4) is 0 Å². The smallest absolute Gasteiger partial charge is 0.391 e. The first kappa shape index (κ1) is 35.2. The number of aromatic nitrogens is 2. The van der Waals surface area contributed by atoms with Crippen molar-refractivity contribution in [2.75, 3.05) is 13.2 Å². The lowest BCUT2D eigenvalue weighted by molar-refractivity contribution is -0.0978. The third-order valence-corrected chi connectivity index (χ3v) is 8.55. The molecule has 4 unspecified atom stereocenters. The van der Waals surface area contributed by atoms with Gasteiger partial charge in [-0.1, -0.05) is 77.6 Å². The summed E-state index contributed by atoms with van der Waals surface area (Å²) >= 11 is 5.10. The summed E-state index contributed by atoms with van der Waals surface area (Å²) in [4.78, 5) is 23.9. The molecule has 7 atom stereocenters. The van der Waals surface area contributed by atoms with Crippen molar-refractivity contribution >= 4 is 20.0 Å². The summed E-state index contributed by atoms with van der Waals surface area (Å²) in [6.45, 7) is 2.53. The average Bonchev–Trinajstić information content (AvgIpc) is 3.12. The summed E-state index contributed by atoms with van der Waals surface area (Å²) in [5, 5.41) is 31.6. The third-order valence-electron chi connectivity index (χ3n) is 7.29. The minimum Gasteiger partial charge on any atom is -0.391 e. The highest BCUT2D eigenvalue weighted by Gasteiger charge is 2.53. The van der Waals surface area contributed by atoms with Gasteiger partial charge in [0.25, 0.3) is 5.56 Å². The third kappa shape index (κ3) is 11.4. The Morgan fingerprint density at radius 3 is 2.30 bits per heavy atom. The van der Waals surface area contributed by atoms with Gasteiger partial charge in [0.1, 0.15) is 17.8 Å². The van der Waals surface area contributed by atoms with Crippen molar-refractivity contribution in [3.05, 3.63) is 27.4 Å². The van der Waals surface area contributed by atoms with Gasteiger partial charge in [0, 0.05) is 12.3 Å². The van der Waals surface area contributed by atoms with Crippen molar-refractivity contribution in [2.45, 2.75) is 127 Å². The van der Waals surface area contributed by atoms with E-state index in [1.165, 1.54) is 75.1 Å². The van der Waals surface area contributed by atoms with Gasteiger partial charge in [-0.3, -0.25) is 23.4 Å². The Morgan fingerprint density at radius 1 is 1.15 bits per heavy atom. The Hall–Kier alpha value is -0.990. The van der Waals surface area contributed by atoms with Crippen LogP contribution in [0, 0.1) is 4.77 Å². The predicted molar refractivity (Wildman–Crippen MR) is 153 cm³/mol. The summed E-state index contributed by atoms with van der Waals surface area (Å²) in [5.41, 5.74) is 3.64. The summed E-state index contributed by atoms with van der Waals surface area (Å²) in [6, 6.07) is 0.295. The van der Waals surface area contributed by atoms with E-state index in [0.717, 1.165) is 19.3 Å². The largest absolute Gasteiger partial charge is 0.472 e. The molecule has 0 saturated carbocycles. The van der Waals surface area contributed by atoms with Crippen molar-refractivity contribution < 1.29 is 38.6 Å². The van der Waals surface area contributed by atoms with Gasteiger partial charge >= 0.3 is 7.82 Å². The molecule has 232 valence electrons. The number of hydrogen-bond acceptors (Lipinski definition) is 10. The van der Waals surface area contributed by atoms with Gasteiger partial charge in [0.2, 0.25) is 0 Å². The number of aromatic amines is 1. The van der Waals surface area contributed by atoms with E-state index in [4.69, 9.17) is 31.7 Å². The minimum absolute atomic E-state index is 0.0385. The number of ether oxygens (including phenoxy) is 1. The first-order valence-corrected chi connectivity index (χ1v) is 16.2. The Balaban J connectivity index is 1.68. The Labute approximate surface area is 241 Å². The molecule has 2 rings (SSSR count). The Bertz CT molecular complexity index is 1040. The number of aliphatic hydroxyl groups is 3. The summed E-state index contributed by atoms with van der Waals surface area (Å²) in [6.07, 6.45) is 10.1. The van der Waals surface area contributed by atoms with E-state index in [2.05, 4.69) is 11.9 Å². The van der Waals surface area contributed by atoms with Crippen LogP contribution in [-0.2, 0) is 18.3 Å². The fourth-order valence-electron chi connectivity index (χ4n) is 4.72. The van der Waals surface area contributed by atoms with Crippen LogP contribution in [0.1, 0.15) is 97.1 Å². The van der Waals surface area contributed by atoms with E-state index in [9.17, 15) is 29.6 Å². The monoisotopic (exact) mass is 609 g/mol. The van der Waals surface area contributed by atoms with E-state index >= 15 is 0 Å². The minimum atomic E-state index is -4.61. The summed E-state index contributed by atoms with van der Waals surface area (Å²) in [7, 11) is -4.61. The molecular formula is C26H48N3O9PS. The molecule has 1 fully saturated rings. The second-order valence-corrected chi connectivity index (χ2v) is 12.7. The lowest BCUT2D eigenvalue weighted by Gasteiger charge is -2.28. The first-order valence-electron chi connectivity index (χ1n) is 14.3. The van der Waals surface area contributed by atoms with E-state index < -0.39 is 62.8 Å². The molecule has 0 amide bonds. The molecule has 0 spiro atoms. The number of phosphoric acid groups is 1. The molecule has 0 bridgehead atoms. The van der Waals surface area contributed by atoms with Crippen LogP contribution in [0.5, 0.6) is 0 Å². The SMILES string of the molecule is CCCCCCCCCCCCCC(O)C(N)COP(=O)(O)OC[C@H]1O[C@@H](n2ccc(=O)[nH]c2=S)C(C)(O)[C@H]1O. The predicted octanol–water partition coefficient (Wildman–Crippen LogP) is 3.44. The molecule has 0 aromatic carbocycles. The Kier molecular flexibility index (Phi) is 15.1. The maximum absolute atomic E-state index is 12.4. The van der Waals surface area contributed by atoms with Crippen molar-refractivity contribution in [1.82, 2.24) is 9.55 Å². The van der Waals surface area contributed by atoms with Crippen molar-refractivity contribution in [1.29, 1.82) is 0 Å². The van der Waals surface area contributed by atoms with Crippen molar-refractivity contribution in [2.24, 2.45) is 5.73 Å². The molecule has 1 aromatic heterocycles. The fourth-order valence-corrected chi connectivity index (χ4v) is 5.75. The number of rotatable bonds is 20. The molecule has 7 N–H and O–H groups in total. The number of nitrogens with two attached hydrogens (primary N) is 1. The quantitative estimate of drug-likeness (QED) is 0.0721. The molecule has 0 aliphatic carbocycles. The number of nitrogens with zero attached hydrogens (tertiary/aromatic N) is 1. The Morgan fingerprint density at radius 2 is 1.73 bits per heavy atom. The van der Waals surface area contributed by atoms with Gasteiger partial charge in [-0.05, 0) is 25.6 Å². The maximum atomic E-state index is 12.4. The number of hydrogen-bond donors (Lipinski definition) is 6. The van der Waals surface area contributed by atoms with Gasteiger partial charge < -0.3 is 30.7 Å². The molecule has 12 nitrogen and oxygen atoms in total. The molecule has 40 heavy (non-hydrogen) atoms. The highest BCUT2D eigenvalue weighted by Crippen LogP contribution is 2.45. The highest BCUT2D eigenvalue weighted by atomic mass is 32.1. The summed E-state index contributed by atoms with van der Waals surface area (Å²) in [5.74, 6) is 0.